The van der Waals surface area contributed by atoms with Crippen LogP contribution in [0.2, 0.25) is 0 Å². The molecule has 0 spiro atoms. The van der Waals surface area contributed by atoms with Crippen LogP contribution in [0.4, 0.5) is 48.3 Å². The molecule has 2 nitrogen and oxygen atoms in total. The van der Waals surface area contributed by atoms with E-state index in [9.17, 15) is 48.3 Å². The van der Waals surface area contributed by atoms with Gasteiger partial charge in [0, 0.05) is 19.6 Å². The molecular weight excluding hydrogens is 529 g/mol. The maximum Gasteiger partial charge on any atom is 0.460 e. The van der Waals surface area contributed by atoms with E-state index in [1.54, 1.807) is 0 Å². The Hall–Kier alpha value is -0.850. The molecule has 222 valence electrons. The van der Waals surface area contributed by atoms with E-state index in [0.717, 1.165) is 77.2 Å². The Labute approximate surface area is 210 Å². The van der Waals surface area contributed by atoms with Crippen molar-refractivity contribution in [3.05, 3.63) is 0 Å². The van der Waals surface area contributed by atoms with Crippen molar-refractivity contribution in [3.8, 4) is 0 Å². The molecule has 0 aromatic heterocycles. The van der Waals surface area contributed by atoms with Gasteiger partial charge in [-0.25, -0.2) is 0 Å². The first-order valence-electron chi connectivity index (χ1n) is 12.9. The molecule has 1 heterocycles. The quantitative estimate of drug-likeness (QED) is 0.114. The second-order valence-electron chi connectivity index (χ2n) is 9.58. The summed E-state index contributed by atoms with van der Waals surface area (Å²) in [6, 6.07) is 0. The largest absolute Gasteiger partial charge is 0.460 e. The lowest BCUT2D eigenvalue weighted by molar-refractivity contribution is -0.422. The monoisotopic (exact) mass is 566 g/mol. The number of rotatable bonds is 19. The van der Waals surface area contributed by atoms with Crippen LogP contribution in [0.1, 0.15) is 103 Å². The molecule has 1 aliphatic heterocycles. The molecule has 13 heteroatoms. The van der Waals surface area contributed by atoms with Gasteiger partial charge in [-0.3, -0.25) is 0 Å². The summed E-state index contributed by atoms with van der Waals surface area (Å²) in [5, 5.41) is 0. The first kappa shape index (κ1) is 34.2. The molecule has 0 aliphatic carbocycles. The van der Waals surface area contributed by atoms with Crippen LogP contribution >= 0.6 is 0 Å². The Morgan fingerprint density at radius 2 is 1.00 bits per heavy atom. The Bertz CT molecular complexity index is 618. The lowest BCUT2D eigenvalue weighted by atomic mass is 9.94. The van der Waals surface area contributed by atoms with Crippen LogP contribution in [0.25, 0.3) is 0 Å². The third-order valence-electron chi connectivity index (χ3n) is 6.43. The number of unbranched alkanes of at least 4 members (excludes halogenated alkanes) is 11. The molecule has 0 aromatic rings. The van der Waals surface area contributed by atoms with Gasteiger partial charge in [0.15, 0.2) is 6.29 Å². The summed E-state index contributed by atoms with van der Waals surface area (Å²) in [5.41, 5.74) is 0. The number of hydrogen-bond donors (Lipinski definition) is 0. The van der Waals surface area contributed by atoms with Gasteiger partial charge in [-0.2, -0.15) is 48.3 Å². The van der Waals surface area contributed by atoms with Crippen molar-refractivity contribution < 1.29 is 57.8 Å². The van der Waals surface area contributed by atoms with Crippen molar-refractivity contribution in [1.29, 1.82) is 0 Å². The van der Waals surface area contributed by atoms with Crippen molar-refractivity contribution in [2.24, 2.45) is 0 Å². The zero-order valence-corrected chi connectivity index (χ0v) is 20.8. The highest BCUT2D eigenvalue weighted by Gasteiger charge is 2.86. The molecule has 37 heavy (non-hydrogen) atoms. The normalized spacial score (nSPS) is 18.4. The highest BCUT2D eigenvalue weighted by molar-refractivity contribution is 5.06. The minimum atomic E-state index is -7.31. The second-order valence-corrected chi connectivity index (χ2v) is 9.58. The smallest absolute Gasteiger partial charge is 0.353 e. The number of ether oxygens (including phenoxy) is 2. The summed E-state index contributed by atoms with van der Waals surface area (Å²) in [6.45, 7) is 1.43. The minimum Gasteiger partial charge on any atom is -0.353 e. The van der Waals surface area contributed by atoms with Crippen molar-refractivity contribution in [3.63, 3.8) is 0 Å². The average molecular weight is 567 g/mol. The maximum absolute atomic E-state index is 13.6. The van der Waals surface area contributed by atoms with E-state index >= 15 is 0 Å². The Kier molecular flexibility index (Phi) is 13.9. The van der Waals surface area contributed by atoms with Crippen LogP contribution < -0.4 is 0 Å². The fourth-order valence-electron chi connectivity index (χ4n) is 4.04. The fraction of sp³-hybridized carbons (Fsp3) is 1.00. The Balaban J connectivity index is 2.10. The van der Waals surface area contributed by atoms with E-state index in [4.69, 9.17) is 9.47 Å². The number of alkyl halides is 11. The third-order valence-corrected chi connectivity index (χ3v) is 6.43. The van der Waals surface area contributed by atoms with Crippen molar-refractivity contribution >= 4 is 0 Å². The van der Waals surface area contributed by atoms with Gasteiger partial charge in [-0.15, -0.1) is 0 Å². The van der Waals surface area contributed by atoms with E-state index in [0.29, 0.717) is 19.4 Å². The van der Waals surface area contributed by atoms with E-state index in [1.165, 1.54) is 0 Å². The van der Waals surface area contributed by atoms with Crippen LogP contribution in [0.15, 0.2) is 0 Å². The van der Waals surface area contributed by atoms with Gasteiger partial charge < -0.3 is 9.47 Å². The van der Waals surface area contributed by atoms with Gasteiger partial charge in [0.1, 0.15) is 0 Å². The van der Waals surface area contributed by atoms with E-state index < -0.39 is 42.7 Å². The Morgan fingerprint density at radius 1 is 0.541 bits per heavy atom. The van der Waals surface area contributed by atoms with E-state index in [-0.39, 0.29) is 12.7 Å². The van der Waals surface area contributed by atoms with Gasteiger partial charge in [0.05, 0.1) is 0 Å². The lowest BCUT2D eigenvalue weighted by Crippen LogP contribution is -2.66. The first-order chi connectivity index (χ1) is 17.1. The molecule has 1 aliphatic rings. The summed E-state index contributed by atoms with van der Waals surface area (Å²) in [5.74, 6) is -27.2. The molecule has 1 fully saturated rings. The van der Waals surface area contributed by atoms with Crippen molar-refractivity contribution in [2.75, 3.05) is 13.2 Å². The molecule has 0 aromatic carbocycles. The molecule has 0 N–H and O–H groups in total. The van der Waals surface area contributed by atoms with Gasteiger partial charge >= 0.3 is 29.9 Å². The summed E-state index contributed by atoms with van der Waals surface area (Å²) in [7, 11) is 0. The molecule has 1 atom stereocenters. The molecule has 1 unspecified atom stereocenters. The summed E-state index contributed by atoms with van der Waals surface area (Å²) < 4.78 is 154. The van der Waals surface area contributed by atoms with Crippen molar-refractivity contribution in [2.45, 2.75) is 139 Å². The summed E-state index contributed by atoms with van der Waals surface area (Å²) in [4.78, 5) is 0. The predicted octanol–water partition coefficient (Wildman–Crippen LogP) is 9.70. The van der Waals surface area contributed by atoms with Crippen molar-refractivity contribution in [1.82, 2.24) is 0 Å². The molecule has 0 radical (unpaired) electrons. The predicted molar refractivity (Wildman–Crippen MR) is 115 cm³/mol. The Morgan fingerprint density at radius 3 is 1.43 bits per heavy atom. The van der Waals surface area contributed by atoms with E-state index in [1.807, 2.05) is 0 Å². The van der Waals surface area contributed by atoms with Gasteiger partial charge in [-0.1, -0.05) is 64.2 Å². The molecule has 1 saturated heterocycles. The number of halogens is 11. The van der Waals surface area contributed by atoms with Gasteiger partial charge in [0.25, 0.3) is 0 Å². The van der Waals surface area contributed by atoms with Crippen LogP contribution in [0.5, 0.6) is 0 Å². The molecule has 0 bridgehead atoms. The zero-order valence-electron chi connectivity index (χ0n) is 20.8. The van der Waals surface area contributed by atoms with E-state index in [2.05, 4.69) is 0 Å². The van der Waals surface area contributed by atoms with Crippen LogP contribution in [-0.2, 0) is 9.47 Å². The third kappa shape index (κ3) is 10.0. The highest BCUT2D eigenvalue weighted by Crippen LogP contribution is 2.58. The second kappa shape index (κ2) is 15.1. The zero-order chi connectivity index (χ0) is 28.2. The highest BCUT2D eigenvalue weighted by atomic mass is 19.4. The molecule has 0 saturated carbocycles. The molecule has 0 amide bonds. The topological polar surface area (TPSA) is 18.5 Å². The lowest BCUT2D eigenvalue weighted by Gasteiger charge is -2.37. The molecule has 1 rings (SSSR count). The molecular formula is C24H37F11O2. The first-order valence-corrected chi connectivity index (χ1v) is 12.9. The summed E-state index contributed by atoms with van der Waals surface area (Å²) >= 11 is 0. The minimum absolute atomic E-state index is 0.0686. The van der Waals surface area contributed by atoms with Crippen LogP contribution in [-0.4, -0.2) is 49.4 Å². The van der Waals surface area contributed by atoms with Crippen LogP contribution in [0.3, 0.4) is 0 Å². The van der Waals surface area contributed by atoms with Crippen LogP contribution in [0, 0.1) is 0 Å². The SMILES string of the molecule is FC(F)(F)C(F)(F)C(F)(F)C(F)(F)C(F)(F)CCCCCCCCCCCCCCOC1CCCCO1. The number of hydrogen-bond acceptors (Lipinski definition) is 2. The fourth-order valence-corrected chi connectivity index (χ4v) is 4.04. The van der Waals surface area contributed by atoms with Gasteiger partial charge in [0.2, 0.25) is 0 Å². The standard InChI is InChI=1S/C24H37F11O2/c25-20(26,21(27,28)22(29,30)23(31,32)24(33,34)35)16-12-9-7-5-3-1-2-4-6-8-10-13-17-36-19-15-11-14-18-37-19/h19H,1-18H2. The van der Waals surface area contributed by atoms with Gasteiger partial charge in [-0.05, 0) is 32.1 Å². The summed E-state index contributed by atoms with van der Waals surface area (Å²) in [6.07, 6.45) is 1.87. The maximum atomic E-state index is 13.6. The average Bonchev–Trinajstić information content (AvgIpc) is 2.81.